The van der Waals surface area contributed by atoms with Crippen molar-refractivity contribution < 1.29 is 14.7 Å². The number of aromatic nitrogens is 2. The summed E-state index contributed by atoms with van der Waals surface area (Å²) < 4.78 is 0. The Hall–Kier alpha value is -3.34. The van der Waals surface area contributed by atoms with Crippen LogP contribution in [0.4, 0.5) is 11.5 Å². The van der Waals surface area contributed by atoms with Crippen molar-refractivity contribution in [3.63, 3.8) is 0 Å². The van der Waals surface area contributed by atoms with Gasteiger partial charge in [0.05, 0.1) is 11.4 Å². The number of amides is 2. The molecule has 0 saturated carbocycles. The molecule has 10 nitrogen and oxygen atoms in total. The van der Waals surface area contributed by atoms with Gasteiger partial charge in [-0.3, -0.25) is 9.59 Å². The van der Waals surface area contributed by atoms with Crippen LogP contribution in [-0.2, 0) is 16.0 Å². The van der Waals surface area contributed by atoms with E-state index < -0.39 is 12.3 Å². The third-order valence-electron chi connectivity index (χ3n) is 5.56. The van der Waals surface area contributed by atoms with Gasteiger partial charge in [-0.15, -0.1) is 0 Å². The Morgan fingerprint density at radius 1 is 1.17 bits per heavy atom. The Labute approximate surface area is 207 Å². The second kappa shape index (κ2) is 12.9. The summed E-state index contributed by atoms with van der Waals surface area (Å²) in [7, 11) is 5.45. The molecule has 35 heavy (non-hydrogen) atoms. The fraction of sp³-hybridized carbons (Fsp3) is 0.440. The maximum absolute atomic E-state index is 12.5. The molecule has 0 saturated heterocycles. The molecule has 0 radical (unpaired) electrons. The first-order valence-electron chi connectivity index (χ1n) is 11.5. The lowest BCUT2D eigenvalue weighted by atomic mass is 10.1. The highest BCUT2D eigenvalue weighted by Crippen LogP contribution is 2.23. The molecule has 2 amide bonds. The van der Waals surface area contributed by atoms with Crippen LogP contribution in [0.25, 0.3) is 0 Å². The van der Waals surface area contributed by atoms with E-state index in [9.17, 15) is 14.7 Å². The number of benzene rings is 1. The lowest BCUT2D eigenvalue weighted by Crippen LogP contribution is -2.45. The second-order valence-electron chi connectivity index (χ2n) is 8.73. The molecular weight excluding hydrogens is 446 g/mol. The Morgan fingerprint density at radius 3 is 2.51 bits per heavy atom. The number of rotatable bonds is 11. The van der Waals surface area contributed by atoms with Crippen molar-refractivity contribution in [3.05, 3.63) is 59.1 Å². The van der Waals surface area contributed by atoms with Gasteiger partial charge in [0.2, 0.25) is 11.8 Å². The number of anilines is 2. The van der Waals surface area contributed by atoms with Crippen LogP contribution in [0.3, 0.4) is 0 Å². The number of hydrogen-bond acceptors (Lipinski definition) is 8. The topological polar surface area (TPSA) is 137 Å². The first-order valence-corrected chi connectivity index (χ1v) is 11.5. The van der Waals surface area contributed by atoms with Gasteiger partial charge >= 0.3 is 0 Å². The second-order valence-corrected chi connectivity index (χ2v) is 8.73. The van der Waals surface area contributed by atoms with Gasteiger partial charge in [0, 0.05) is 31.9 Å². The molecule has 0 fully saturated rings. The Morgan fingerprint density at radius 2 is 1.86 bits per heavy atom. The van der Waals surface area contributed by atoms with Gasteiger partial charge in [0.15, 0.2) is 5.82 Å². The van der Waals surface area contributed by atoms with E-state index in [1.54, 1.807) is 20.0 Å². The molecule has 1 unspecified atom stereocenters. The molecule has 2 atom stereocenters. The largest absolute Gasteiger partial charge is 0.373 e. The Bertz CT molecular complexity index is 1050. The van der Waals surface area contributed by atoms with E-state index in [0.29, 0.717) is 31.0 Å². The summed E-state index contributed by atoms with van der Waals surface area (Å²) in [5.41, 5.74) is 9.12. The van der Waals surface area contributed by atoms with Crippen molar-refractivity contribution >= 4 is 23.3 Å². The van der Waals surface area contributed by atoms with Gasteiger partial charge in [-0.1, -0.05) is 18.2 Å². The van der Waals surface area contributed by atoms with Gasteiger partial charge in [0.1, 0.15) is 18.0 Å². The predicted octanol–water partition coefficient (Wildman–Crippen LogP) is 1.41. The van der Waals surface area contributed by atoms with E-state index in [-0.39, 0.29) is 17.5 Å². The van der Waals surface area contributed by atoms with Crippen molar-refractivity contribution in [2.24, 2.45) is 5.73 Å². The number of hydrogen-bond donors (Lipinski definition) is 4. The Kier molecular flexibility index (Phi) is 10.3. The highest BCUT2D eigenvalue weighted by Gasteiger charge is 2.20. The van der Waals surface area contributed by atoms with E-state index >= 15 is 0 Å². The number of aryl methyl sites for hydroxylation is 2. The molecule has 1 aromatic carbocycles. The van der Waals surface area contributed by atoms with Gasteiger partial charge in [-0.05, 0) is 59.0 Å². The zero-order valence-corrected chi connectivity index (χ0v) is 21.4. The molecule has 10 heteroatoms. The lowest BCUT2D eigenvalue weighted by Gasteiger charge is -2.23. The smallest absolute Gasteiger partial charge is 0.246 e. The fourth-order valence-electron chi connectivity index (χ4n) is 3.19. The molecule has 0 aliphatic heterocycles. The number of nitrogens with zero attached hydrogens (tertiary/aromatic N) is 4. The number of nitrogens with two attached hydrogens (primary N) is 1. The summed E-state index contributed by atoms with van der Waals surface area (Å²) in [6, 6.07) is 7.06. The molecule has 1 aromatic heterocycles. The SMILES string of the molecule is Cc1nc(Nc2cccc(CCNC(=O)[C@H](C)N(C)C(=O)/C=C/CN(C)C)c2)c(C(N)O)nc1C. The minimum Gasteiger partial charge on any atom is -0.373 e. The zero-order chi connectivity index (χ0) is 26.1. The van der Waals surface area contributed by atoms with Crippen molar-refractivity contribution in [2.45, 2.75) is 39.5 Å². The minimum absolute atomic E-state index is 0.218. The molecule has 190 valence electrons. The molecule has 2 aromatic rings. The van der Waals surface area contributed by atoms with E-state index in [0.717, 1.165) is 16.9 Å². The first-order chi connectivity index (χ1) is 16.5. The Balaban J connectivity index is 1.95. The van der Waals surface area contributed by atoms with Crippen molar-refractivity contribution in [2.75, 3.05) is 39.5 Å². The number of nitrogens with one attached hydrogen (secondary N) is 2. The highest BCUT2D eigenvalue weighted by molar-refractivity contribution is 5.92. The van der Waals surface area contributed by atoms with Crippen LogP contribution in [-0.4, -0.2) is 77.0 Å². The maximum atomic E-state index is 12.5. The summed E-state index contributed by atoms with van der Waals surface area (Å²) in [4.78, 5) is 37.0. The third-order valence-corrected chi connectivity index (χ3v) is 5.56. The van der Waals surface area contributed by atoms with Gasteiger partial charge in [0.25, 0.3) is 0 Å². The number of aliphatic hydroxyl groups is 1. The van der Waals surface area contributed by atoms with E-state index in [1.165, 1.54) is 11.0 Å². The average Bonchev–Trinajstić information content (AvgIpc) is 2.80. The number of aliphatic hydroxyl groups excluding tert-OH is 1. The van der Waals surface area contributed by atoms with Crippen molar-refractivity contribution in [3.8, 4) is 0 Å². The average molecular weight is 484 g/mol. The highest BCUT2D eigenvalue weighted by atomic mass is 16.3. The summed E-state index contributed by atoms with van der Waals surface area (Å²) in [5, 5.41) is 15.9. The molecule has 5 N–H and O–H groups in total. The van der Waals surface area contributed by atoms with Crippen LogP contribution < -0.4 is 16.4 Å². The van der Waals surface area contributed by atoms with Crippen LogP contribution in [0, 0.1) is 13.8 Å². The minimum atomic E-state index is -1.25. The molecule has 0 spiro atoms. The zero-order valence-electron chi connectivity index (χ0n) is 21.4. The molecule has 1 heterocycles. The van der Waals surface area contributed by atoms with E-state index in [4.69, 9.17) is 5.73 Å². The fourth-order valence-corrected chi connectivity index (χ4v) is 3.19. The molecule has 0 bridgehead atoms. The maximum Gasteiger partial charge on any atom is 0.246 e. The van der Waals surface area contributed by atoms with E-state index in [2.05, 4.69) is 20.6 Å². The monoisotopic (exact) mass is 483 g/mol. The molecule has 0 aliphatic carbocycles. The summed E-state index contributed by atoms with van der Waals surface area (Å²) >= 11 is 0. The summed E-state index contributed by atoms with van der Waals surface area (Å²) in [6.07, 6.45) is 2.60. The van der Waals surface area contributed by atoms with Crippen LogP contribution >= 0.6 is 0 Å². The van der Waals surface area contributed by atoms with Gasteiger partial charge in [-0.25, -0.2) is 9.97 Å². The molecular formula is C25H37N7O3. The number of likely N-dealkylation sites (N-methyl/N-ethyl adjacent to an activating group) is 2. The van der Waals surface area contributed by atoms with E-state index in [1.807, 2.05) is 57.1 Å². The van der Waals surface area contributed by atoms with Crippen LogP contribution in [0.2, 0.25) is 0 Å². The standard InChI is InChI=1S/C25H37N7O3/c1-16-17(2)29-24(22(28-16)23(26)34)30-20-10-7-9-19(15-20)12-13-27-25(35)18(3)32(6)21(33)11-8-14-31(4)5/h7-11,15,18,23,34H,12-14,26H2,1-6H3,(H,27,35)(H,29,30)/b11-8+/t18-,23?/m0/s1. The third kappa shape index (κ3) is 8.43. The lowest BCUT2D eigenvalue weighted by molar-refractivity contribution is -0.135. The van der Waals surface area contributed by atoms with Gasteiger partial charge in [-0.2, -0.15) is 0 Å². The number of carbonyl (C=O) groups excluding carboxylic acids is 2. The van der Waals surface area contributed by atoms with Crippen LogP contribution in [0.5, 0.6) is 0 Å². The molecule has 0 aliphatic rings. The normalized spacial score (nSPS) is 13.1. The van der Waals surface area contributed by atoms with Crippen LogP contribution in [0.15, 0.2) is 36.4 Å². The van der Waals surface area contributed by atoms with Crippen molar-refractivity contribution in [1.29, 1.82) is 0 Å². The quantitative estimate of drug-likeness (QED) is 0.278. The van der Waals surface area contributed by atoms with Crippen molar-refractivity contribution in [1.82, 2.24) is 25.1 Å². The van der Waals surface area contributed by atoms with Gasteiger partial charge < -0.3 is 31.3 Å². The summed E-state index contributed by atoms with van der Waals surface area (Å²) in [5.74, 6) is -0.0393. The number of carbonyl (C=O) groups is 2. The summed E-state index contributed by atoms with van der Waals surface area (Å²) in [6.45, 7) is 6.42. The predicted molar refractivity (Wildman–Crippen MR) is 137 cm³/mol. The molecule has 2 rings (SSSR count). The first kappa shape index (κ1) is 27.9. The van der Waals surface area contributed by atoms with Crippen LogP contribution in [0.1, 0.15) is 35.8 Å².